The standard InChI is InChI=1S/C16H27N3O/c1-16(2,20)13-18-8-10-19(11-9-18)15-6-4-14(5-7-15)12-17-3/h4-7,17,20H,8-13H2,1-3H3. The minimum Gasteiger partial charge on any atom is -0.389 e. The summed E-state index contributed by atoms with van der Waals surface area (Å²) in [5.74, 6) is 0. The van der Waals surface area contributed by atoms with Crippen LogP contribution in [0.4, 0.5) is 5.69 Å². The molecule has 1 aromatic carbocycles. The number of nitrogens with zero attached hydrogens (tertiary/aromatic N) is 2. The van der Waals surface area contributed by atoms with Gasteiger partial charge in [-0.1, -0.05) is 12.1 Å². The average Bonchev–Trinajstić information content (AvgIpc) is 2.39. The second-order valence-electron chi connectivity index (χ2n) is 6.27. The van der Waals surface area contributed by atoms with E-state index >= 15 is 0 Å². The Morgan fingerprint density at radius 1 is 1.10 bits per heavy atom. The third kappa shape index (κ3) is 4.47. The number of benzene rings is 1. The summed E-state index contributed by atoms with van der Waals surface area (Å²) >= 11 is 0. The Balaban J connectivity index is 1.87. The third-order valence-corrected chi connectivity index (χ3v) is 3.67. The van der Waals surface area contributed by atoms with E-state index in [1.807, 2.05) is 20.9 Å². The van der Waals surface area contributed by atoms with Crippen LogP contribution in [0.15, 0.2) is 24.3 Å². The van der Waals surface area contributed by atoms with Crippen molar-refractivity contribution < 1.29 is 5.11 Å². The number of piperazine rings is 1. The van der Waals surface area contributed by atoms with E-state index < -0.39 is 5.60 Å². The molecule has 20 heavy (non-hydrogen) atoms. The summed E-state index contributed by atoms with van der Waals surface area (Å²) in [5, 5.41) is 13.0. The van der Waals surface area contributed by atoms with Crippen LogP contribution in [0.1, 0.15) is 19.4 Å². The Morgan fingerprint density at radius 2 is 1.70 bits per heavy atom. The maximum atomic E-state index is 9.87. The summed E-state index contributed by atoms with van der Waals surface area (Å²) in [4.78, 5) is 4.76. The Kier molecular flexibility index (Phi) is 5.02. The van der Waals surface area contributed by atoms with Crippen molar-refractivity contribution in [2.45, 2.75) is 26.0 Å². The fourth-order valence-electron chi connectivity index (χ4n) is 2.74. The van der Waals surface area contributed by atoms with E-state index in [-0.39, 0.29) is 0 Å². The zero-order valence-corrected chi connectivity index (χ0v) is 12.9. The van der Waals surface area contributed by atoms with Crippen LogP contribution in [0.3, 0.4) is 0 Å². The van der Waals surface area contributed by atoms with Gasteiger partial charge in [0.2, 0.25) is 0 Å². The molecule has 0 unspecified atom stereocenters. The van der Waals surface area contributed by atoms with Crippen LogP contribution in [-0.2, 0) is 6.54 Å². The number of aliphatic hydroxyl groups is 1. The molecule has 0 amide bonds. The molecule has 1 heterocycles. The molecule has 2 N–H and O–H groups in total. The monoisotopic (exact) mass is 277 g/mol. The van der Waals surface area contributed by atoms with Gasteiger partial charge < -0.3 is 15.3 Å². The smallest absolute Gasteiger partial charge is 0.0718 e. The first kappa shape index (κ1) is 15.3. The van der Waals surface area contributed by atoms with Gasteiger partial charge in [-0.25, -0.2) is 0 Å². The zero-order chi connectivity index (χ0) is 14.6. The fraction of sp³-hybridized carbons (Fsp3) is 0.625. The Hall–Kier alpha value is -1.10. The summed E-state index contributed by atoms with van der Waals surface area (Å²) in [7, 11) is 1.97. The molecule has 0 atom stereocenters. The minimum atomic E-state index is -0.600. The number of nitrogens with one attached hydrogen (secondary N) is 1. The maximum absolute atomic E-state index is 9.87. The molecule has 1 saturated heterocycles. The van der Waals surface area contributed by atoms with Gasteiger partial charge in [0.05, 0.1) is 5.60 Å². The van der Waals surface area contributed by atoms with Crippen molar-refractivity contribution in [3.8, 4) is 0 Å². The molecule has 0 spiro atoms. The highest BCUT2D eigenvalue weighted by Gasteiger charge is 2.22. The molecule has 0 saturated carbocycles. The highest BCUT2D eigenvalue weighted by Crippen LogP contribution is 2.18. The molecule has 0 aromatic heterocycles. The lowest BCUT2D eigenvalue weighted by Gasteiger charge is -2.38. The molecule has 0 bridgehead atoms. The van der Waals surface area contributed by atoms with Gasteiger partial charge in [-0.05, 0) is 38.6 Å². The van der Waals surface area contributed by atoms with Gasteiger partial charge in [0, 0.05) is 45.0 Å². The molecular formula is C16H27N3O. The molecule has 1 aromatic rings. The van der Waals surface area contributed by atoms with Crippen LogP contribution in [0.2, 0.25) is 0 Å². The second-order valence-corrected chi connectivity index (χ2v) is 6.27. The summed E-state index contributed by atoms with van der Waals surface area (Å²) in [6.45, 7) is 9.51. The average molecular weight is 277 g/mol. The van der Waals surface area contributed by atoms with Crippen LogP contribution in [-0.4, -0.2) is 55.4 Å². The van der Waals surface area contributed by atoms with E-state index in [0.29, 0.717) is 0 Å². The second kappa shape index (κ2) is 6.57. The third-order valence-electron chi connectivity index (χ3n) is 3.67. The predicted molar refractivity (Wildman–Crippen MR) is 84.2 cm³/mol. The molecule has 0 radical (unpaired) electrons. The zero-order valence-electron chi connectivity index (χ0n) is 12.9. The minimum absolute atomic E-state index is 0.600. The maximum Gasteiger partial charge on any atom is 0.0718 e. The van der Waals surface area contributed by atoms with Gasteiger partial charge in [0.15, 0.2) is 0 Å². The van der Waals surface area contributed by atoms with Crippen molar-refractivity contribution >= 4 is 5.69 Å². The van der Waals surface area contributed by atoms with Gasteiger partial charge in [-0.2, -0.15) is 0 Å². The molecule has 1 fully saturated rings. The van der Waals surface area contributed by atoms with E-state index in [9.17, 15) is 5.11 Å². The summed E-state index contributed by atoms with van der Waals surface area (Å²) < 4.78 is 0. The number of hydrogen-bond donors (Lipinski definition) is 2. The first-order valence-electron chi connectivity index (χ1n) is 7.41. The lowest BCUT2D eigenvalue weighted by Crippen LogP contribution is -2.50. The normalized spacial score (nSPS) is 17.5. The van der Waals surface area contributed by atoms with Crippen molar-refractivity contribution in [2.24, 2.45) is 0 Å². The van der Waals surface area contributed by atoms with Gasteiger partial charge in [-0.15, -0.1) is 0 Å². The Labute approximate surface area is 122 Å². The van der Waals surface area contributed by atoms with Crippen LogP contribution in [0.25, 0.3) is 0 Å². The van der Waals surface area contributed by atoms with E-state index in [2.05, 4.69) is 39.4 Å². The molecular weight excluding hydrogens is 250 g/mol. The summed E-state index contributed by atoms with van der Waals surface area (Å²) in [6.07, 6.45) is 0. The highest BCUT2D eigenvalue weighted by molar-refractivity contribution is 5.48. The summed E-state index contributed by atoms with van der Waals surface area (Å²) in [6, 6.07) is 8.79. The lowest BCUT2D eigenvalue weighted by molar-refractivity contribution is 0.0345. The molecule has 2 rings (SSSR count). The lowest BCUT2D eigenvalue weighted by atomic mass is 10.1. The highest BCUT2D eigenvalue weighted by atomic mass is 16.3. The van der Waals surface area contributed by atoms with Crippen LogP contribution < -0.4 is 10.2 Å². The first-order valence-corrected chi connectivity index (χ1v) is 7.41. The predicted octanol–water partition coefficient (Wildman–Crippen LogP) is 1.30. The summed E-state index contributed by atoms with van der Waals surface area (Å²) in [5.41, 5.74) is 2.02. The van der Waals surface area contributed by atoms with E-state index in [0.717, 1.165) is 39.3 Å². The first-order chi connectivity index (χ1) is 9.48. The fourth-order valence-corrected chi connectivity index (χ4v) is 2.74. The van der Waals surface area contributed by atoms with Crippen molar-refractivity contribution in [1.82, 2.24) is 10.2 Å². The number of hydrogen-bond acceptors (Lipinski definition) is 4. The largest absolute Gasteiger partial charge is 0.389 e. The van der Waals surface area contributed by atoms with Crippen molar-refractivity contribution in [3.63, 3.8) is 0 Å². The van der Waals surface area contributed by atoms with Crippen molar-refractivity contribution in [3.05, 3.63) is 29.8 Å². The van der Waals surface area contributed by atoms with E-state index in [1.54, 1.807) is 0 Å². The molecule has 1 aliphatic heterocycles. The number of anilines is 1. The molecule has 1 aliphatic rings. The Morgan fingerprint density at radius 3 is 2.20 bits per heavy atom. The van der Waals surface area contributed by atoms with Crippen molar-refractivity contribution in [2.75, 3.05) is 44.7 Å². The van der Waals surface area contributed by atoms with E-state index in [1.165, 1.54) is 11.3 Å². The molecule has 112 valence electrons. The Bertz CT molecular complexity index is 403. The number of β-amino-alcohol motifs (C(OH)–C–C–N with tert-alkyl or cyclic N) is 1. The van der Waals surface area contributed by atoms with Gasteiger partial charge in [0.1, 0.15) is 0 Å². The van der Waals surface area contributed by atoms with Crippen LogP contribution in [0.5, 0.6) is 0 Å². The quantitative estimate of drug-likeness (QED) is 0.851. The van der Waals surface area contributed by atoms with Gasteiger partial charge in [0.25, 0.3) is 0 Å². The molecule has 4 nitrogen and oxygen atoms in total. The molecule has 0 aliphatic carbocycles. The van der Waals surface area contributed by atoms with Gasteiger partial charge in [-0.3, -0.25) is 4.90 Å². The molecule has 4 heteroatoms. The van der Waals surface area contributed by atoms with E-state index in [4.69, 9.17) is 0 Å². The topological polar surface area (TPSA) is 38.7 Å². The van der Waals surface area contributed by atoms with Gasteiger partial charge >= 0.3 is 0 Å². The van der Waals surface area contributed by atoms with Crippen LogP contribution >= 0.6 is 0 Å². The van der Waals surface area contributed by atoms with Crippen molar-refractivity contribution in [1.29, 1.82) is 0 Å². The SMILES string of the molecule is CNCc1ccc(N2CCN(CC(C)(C)O)CC2)cc1. The number of rotatable bonds is 5. The van der Waals surface area contributed by atoms with Crippen LogP contribution in [0, 0.1) is 0 Å².